The number of nitrogens with zero attached hydrogens (tertiary/aromatic N) is 3. The van der Waals surface area contributed by atoms with Crippen LogP contribution < -0.4 is 4.90 Å². The Morgan fingerprint density at radius 3 is 2.40 bits per heavy atom. The van der Waals surface area contributed by atoms with Gasteiger partial charge in [-0.3, -0.25) is 4.90 Å². The second-order valence-electron chi connectivity index (χ2n) is 8.07. The van der Waals surface area contributed by atoms with Gasteiger partial charge in [-0.05, 0) is 49.7 Å². The summed E-state index contributed by atoms with van der Waals surface area (Å²) in [4.78, 5) is 10.3. The number of fused-ring (bicyclic) bond motifs is 2. The Morgan fingerprint density at radius 1 is 0.867 bits per heavy atom. The van der Waals surface area contributed by atoms with Crippen LogP contribution in [0, 0.1) is 6.92 Å². The van der Waals surface area contributed by atoms with Crippen LogP contribution in [0.25, 0.3) is 0 Å². The summed E-state index contributed by atoms with van der Waals surface area (Å²) in [5.74, 6) is 0. The molecule has 0 amide bonds. The zero-order chi connectivity index (χ0) is 20.8. The highest BCUT2D eigenvalue weighted by molar-refractivity contribution is 7.99. The molecule has 4 rings (SSSR count). The first-order valence-corrected chi connectivity index (χ1v) is 11.8. The predicted octanol–water partition coefficient (Wildman–Crippen LogP) is 3.61. The molecule has 0 unspecified atom stereocenters. The molecule has 1 N–H and O–H groups in total. The van der Waals surface area contributed by atoms with E-state index >= 15 is 0 Å². The molecular formula is C24H33N3O2S. The van der Waals surface area contributed by atoms with E-state index in [-0.39, 0.29) is 6.61 Å². The summed E-state index contributed by atoms with van der Waals surface area (Å²) in [6.07, 6.45) is 1.16. The fraction of sp³-hybridized carbons (Fsp3) is 0.500. The minimum absolute atomic E-state index is 0.109. The number of aliphatic hydroxyl groups excluding tert-OH is 1. The van der Waals surface area contributed by atoms with Gasteiger partial charge in [-0.15, -0.1) is 0 Å². The van der Waals surface area contributed by atoms with E-state index in [1.54, 1.807) is 0 Å². The van der Waals surface area contributed by atoms with Crippen molar-refractivity contribution in [3.63, 3.8) is 0 Å². The van der Waals surface area contributed by atoms with Gasteiger partial charge in [0.25, 0.3) is 0 Å². The lowest BCUT2D eigenvalue weighted by Gasteiger charge is -2.36. The van der Waals surface area contributed by atoms with Crippen LogP contribution in [0.15, 0.2) is 52.3 Å². The SMILES string of the molecule is Cc1ccc2c(c1)N(CCCN1CCN(CCOCCO)CC1)c1ccccc1S2. The monoisotopic (exact) mass is 427 g/mol. The zero-order valence-corrected chi connectivity index (χ0v) is 18.7. The normalized spacial score (nSPS) is 17.1. The molecule has 162 valence electrons. The first kappa shape index (κ1) is 21.7. The second-order valence-corrected chi connectivity index (χ2v) is 9.15. The van der Waals surface area contributed by atoms with Crippen molar-refractivity contribution in [2.24, 2.45) is 0 Å². The number of piperazine rings is 1. The van der Waals surface area contributed by atoms with Gasteiger partial charge in [0.15, 0.2) is 0 Å². The Balaban J connectivity index is 1.29. The highest BCUT2D eigenvalue weighted by atomic mass is 32.2. The largest absolute Gasteiger partial charge is 0.394 e. The van der Waals surface area contributed by atoms with Crippen LogP contribution in [0.4, 0.5) is 11.4 Å². The summed E-state index contributed by atoms with van der Waals surface area (Å²) in [7, 11) is 0. The quantitative estimate of drug-likeness (QED) is 0.617. The van der Waals surface area contributed by atoms with Crippen LogP contribution in [0.1, 0.15) is 12.0 Å². The van der Waals surface area contributed by atoms with E-state index in [1.807, 2.05) is 11.8 Å². The van der Waals surface area contributed by atoms with Crippen molar-refractivity contribution < 1.29 is 9.84 Å². The third-order valence-electron chi connectivity index (χ3n) is 5.89. The molecule has 6 heteroatoms. The molecule has 1 fully saturated rings. The summed E-state index contributed by atoms with van der Waals surface area (Å²) in [6, 6.07) is 15.6. The molecule has 0 bridgehead atoms. The van der Waals surface area contributed by atoms with E-state index < -0.39 is 0 Å². The summed E-state index contributed by atoms with van der Waals surface area (Å²) >= 11 is 1.88. The van der Waals surface area contributed by atoms with Gasteiger partial charge in [0.2, 0.25) is 0 Å². The predicted molar refractivity (Wildman–Crippen MR) is 124 cm³/mol. The van der Waals surface area contributed by atoms with Crippen LogP contribution in [0.2, 0.25) is 0 Å². The number of benzene rings is 2. The maximum atomic E-state index is 8.79. The number of aryl methyl sites for hydroxylation is 1. The number of hydrogen-bond donors (Lipinski definition) is 1. The fourth-order valence-electron chi connectivity index (χ4n) is 4.23. The number of para-hydroxylation sites is 1. The third-order valence-corrected chi connectivity index (χ3v) is 7.02. The van der Waals surface area contributed by atoms with Crippen LogP contribution >= 0.6 is 11.8 Å². The van der Waals surface area contributed by atoms with Gasteiger partial charge < -0.3 is 19.6 Å². The Labute approximate surface area is 184 Å². The molecule has 2 aromatic rings. The topological polar surface area (TPSA) is 39.2 Å². The number of rotatable bonds is 9. The van der Waals surface area contributed by atoms with Gasteiger partial charge in [0.05, 0.1) is 31.2 Å². The van der Waals surface area contributed by atoms with Crippen molar-refractivity contribution in [1.82, 2.24) is 9.80 Å². The Kier molecular flexibility index (Phi) is 7.68. The highest BCUT2D eigenvalue weighted by Gasteiger charge is 2.23. The molecule has 0 spiro atoms. The van der Waals surface area contributed by atoms with Crippen molar-refractivity contribution in [3.05, 3.63) is 48.0 Å². The lowest BCUT2D eigenvalue weighted by molar-refractivity contribution is 0.0575. The number of ether oxygens (including phenoxy) is 1. The van der Waals surface area contributed by atoms with E-state index in [4.69, 9.17) is 9.84 Å². The Morgan fingerprint density at radius 2 is 1.60 bits per heavy atom. The molecule has 2 aliphatic rings. The van der Waals surface area contributed by atoms with Gasteiger partial charge >= 0.3 is 0 Å². The van der Waals surface area contributed by atoms with E-state index in [0.29, 0.717) is 13.2 Å². The number of hydrogen-bond acceptors (Lipinski definition) is 6. The zero-order valence-electron chi connectivity index (χ0n) is 17.9. The van der Waals surface area contributed by atoms with Gasteiger partial charge in [-0.25, -0.2) is 0 Å². The van der Waals surface area contributed by atoms with Gasteiger partial charge in [-0.2, -0.15) is 0 Å². The van der Waals surface area contributed by atoms with Crippen molar-refractivity contribution >= 4 is 23.1 Å². The van der Waals surface area contributed by atoms with Crippen LogP contribution in [-0.2, 0) is 4.74 Å². The molecule has 0 atom stereocenters. The van der Waals surface area contributed by atoms with Gasteiger partial charge in [-0.1, -0.05) is 30.0 Å². The molecule has 0 aliphatic carbocycles. The standard InChI is InChI=1S/C24H33N3O2S/c1-20-7-8-24-22(19-20)27(21-5-2-3-6-23(21)30-24)10-4-9-25-11-13-26(14-12-25)15-17-29-18-16-28/h2-3,5-8,19,28H,4,9-18H2,1H3. The smallest absolute Gasteiger partial charge is 0.0698 e. The molecular weight excluding hydrogens is 394 g/mol. The van der Waals surface area contributed by atoms with E-state index in [0.717, 1.165) is 52.2 Å². The summed E-state index contributed by atoms with van der Waals surface area (Å²) < 4.78 is 5.40. The molecule has 0 saturated carbocycles. The van der Waals surface area contributed by atoms with E-state index in [1.165, 1.54) is 26.7 Å². The van der Waals surface area contributed by atoms with Crippen molar-refractivity contribution in [2.45, 2.75) is 23.1 Å². The Bertz CT molecular complexity index is 824. The molecule has 5 nitrogen and oxygen atoms in total. The van der Waals surface area contributed by atoms with E-state index in [9.17, 15) is 0 Å². The van der Waals surface area contributed by atoms with Crippen LogP contribution in [0.5, 0.6) is 0 Å². The van der Waals surface area contributed by atoms with Crippen LogP contribution in [-0.4, -0.2) is 80.5 Å². The molecule has 2 aliphatic heterocycles. The fourth-order valence-corrected chi connectivity index (χ4v) is 5.31. The molecule has 0 aromatic heterocycles. The van der Waals surface area contributed by atoms with E-state index in [2.05, 4.69) is 64.1 Å². The van der Waals surface area contributed by atoms with Crippen LogP contribution in [0.3, 0.4) is 0 Å². The lowest BCUT2D eigenvalue weighted by Crippen LogP contribution is -2.47. The average Bonchev–Trinajstić information content (AvgIpc) is 2.77. The highest BCUT2D eigenvalue weighted by Crippen LogP contribution is 2.48. The average molecular weight is 428 g/mol. The molecule has 2 heterocycles. The Hall–Kier alpha value is -1.57. The number of aliphatic hydroxyl groups is 1. The molecule has 2 aromatic carbocycles. The molecule has 30 heavy (non-hydrogen) atoms. The minimum atomic E-state index is 0.109. The third kappa shape index (κ3) is 5.37. The molecule has 0 radical (unpaired) electrons. The summed E-state index contributed by atoms with van der Waals surface area (Å²) in [5, 5.41) is 8.79. The van der Waals surface area contributed by atoms with Crippen molar-refractivity contribution in [1.29, 1.82) is 0 Å². The summed E-state index contributed by atoms with van der Waals surface area (Å²) in [6.45, 7) is 11.1. The lowest BCUT2D eigenvalue weighted by atomic mass is 10.1. The minimum Gasteiger partial charge on any atom is -0.394 e. The summed E-state index contributed by atoms with van der Waals surface area (Å²) in [5.41, 5.74) is 4.01. The second kappa shape index (κ2) is 10.6. The maximum absolute atomic E-state index is 8.79. The first-order chi connectivity index (χ1) is 14.7. The maximum Gasteiger partial charge on any atom is 0.0698 e. The van der Waals surface area contributed by atoms with Crippen molar-refractivity contribution in [3.8, 4) is 0 Å². The van der Waals surface area contributed by atoms with Gasteiger partial charge in [0.1, 0.15) is 0 Å². The number of anilines is 2. The van der Waals surface area contributed by atoms with Gasteiger partial charge in [0, 0.05) is 49.1 Å². The first-order valence-electron chi connectivity index (χ1n) is 11.0. The molecule has 1 saturated heterocycles. The van der Waals surface area contributed by atoms with Crippen molar-refractivity contribution in [2.75, 3.05) is 70.5 Å².